The Balaban J connectivity index is 2.09. The van der Waals surface area contributed by atoms with Crippen molar-refractivity contribution in [2.75, 3.05) is 0 Å². The first-order valence-corrected chi connectivity index (χ1v) is 15.8. The maximum Gasteiger partial charge on any atom is 0.346 e. The van der Waals surface area contributed by atoms with Crippen LogP contribution in [-0.4, -0.2) is 11.9 Å². The Bertz CT molecular complexity index is 1020. The van der Waals surface area contributed by atoms with E-state index in [1.165, 1.54) is 64.2 Å². The molecule has 0 aliphatic rings. The predicted molar refractivity (Wildman–Crippen MR) is 174 cm³/mol. The molecule has 41 heavy (non-hydrogen) atoms. The molecule has 0 unspecified atom stereocenters. The second-order valence-electron chi connectivity index (χ2n) is 10.6. The monoisotopic (exact) mass is 554 g/mol. The van der Waals surface area contributed by atoms with Gasteiger partial charge in [0, 0.05) is 0 Å². The van der Waals surface area contributed by atoms with E-state index in [2.05, 4.69) is 13.8 Å². The van der Waals surface area contributed by atoms with Gasteiger partial charge in [-0.05, 0) is 49.0 Å². The van der Waals surface area contributed by atoms with E-state index in [-0.39, 0.29) is 0 Å². The molecule has 220 valence electrons. The van der Waals surface area contributed by atoms with Gasteiger partial charge in [-0.1, -0.05) is 163 Å². The van der Waals surface area contributed by atoms with E-state index in [9.17, 15) is 9.59 Å². The molecule has 0 aliphatic carbocycles. The molecule has 0 atom stereocenters. The third-order valence-electron chi connectivity index (χ3n) is 6.94. The van der Waals surface area contributed by atoms with Crippen molar-refractivity contribution in [3.63, 3.8) is 0 Å². The van der Waals surface area contributed by atoms with Crippen LogP contribution >= 0.6 is 0 Å². The number of hydrogen-bond donors (Lipinski definition) is 0. The normalized spacial score (nSPS) is 12.3. The van der Waals surface area contributed by atoms with Crippen molar-refractivity contribution in [2.45, 2.75) is 104 Å². The standard InChI is InChI=1S/C38H50O3/c1-3-5-7-9-11-13-15-23-29-35(31-33-25-19-17-20-26-33)37(39)41-38(40)36(32-34-27-21-18-22-28-34)30-24-16-14-12-10-8-6-4-2/h17-32H,3-16H2,1-2H3. The lowest BCUT2D eigenvalue weighted by atomic mass is 10.1. The fraction of sp³-hybridized carbons (Fsp3) is 0.421. The van der Waals surface area contributed by atoms with Gasteiger partial charge < -0.3 is 4.74 Å². The van der Waals surface area contributed by atoms with Crippen LogP contribution in [0, 0.1) is 0 Å². The second kappa shape index (κ2) is 22.3. The minimum absolute atomic E-state index is 0.366. The minimum Gasteiger partial charge on any atom is -0.386 e. The Morgan fingerprint density at radius 1 is 0.537 bits per heavy atom. The molecule has 3 heteroatoms. The third-order valence-corrected chi connectivity index (χ3v) is 6.94. The molecule has 0 saturated heterocycles. The highest BCUT2D eigenvalue weighted by Gasteiger charge is 2.17. The largest absolute Gasteiger partial charge is 0.386 e. The molecule has 0 amide bonds. The molecule has 2 rings (SSSR count). The van der Waals surface area contributed by atoms with Gasteiger partial charge in [0.05, 0.1) is 11.1 Å². The maximum absolute atomic E-state index is 13.2. The lowest BCUT2D eigenvalue weighted by Crippen LogP contribution is -2.15. The van der Waals surface area contributed by atoms with Crippen LogP contribution in [0.4, 0.5) is 0 Å². The molecular formula is C38H50O3. The van der Waals surface area contributed by atoms with E-state index in [1.807, 2.05) is 72.8 Å². The molecule has 0 aromatic heterocycles. The summed E-state index contributed by atoms with van der Waals surface area (Å²) in [6, 6.07) is 19.3. The van der Waals surface area contributed by atoms with Crippen molar-refractivity contribution in [1.82, 2.24) is 0 Å². The van der Waals surface area contributed by atoms with Crippen LogP contribution < -0.4 is 0 Å². The SMILES string of the molecule is CCCCCCCCC=CC(=Cc1ccccc1)C(=O)OC(=O)C(C=CCCCCCCCC)=Cc1ccccc1. The van der Waals surface area contributed by atoms with E-state index in [1.54, 1.807) is 24.3 Å². The van der Waals surface area contributed by atoms with E-state index in [4.69, 9.17) is 4.74 Å². The van der Waals surface area contributed by atoms with E-state index in [0.29, 0.717) is 11.1 Å². The molecular weight excluding hydrogens is 504 g/mol. The Hall–Kier alpha value is -3.46. The summed E-state index contributed by atoms with van der Waals surface area (Å²) in [6.45, 7) is 4.45. The average Bonchev–Trinajstić information content (AvgIpc) is 2.99. The quantitative estimate of drug-likeness (QED) is 0.0537. The van der Waals surface area contributed by atoms with Crippen LogP contribution in [0.2, 0.25) is 0 Å². The number of hydrogen-bond acceptors (Lipinski definition) is 3. The summed E-state index contributed by atoms with van der Waals surface area (Å²) in [6.07, 6.45) is 27.6. The number of esters is 2. The fourth-order valence-electron chi connectivity index (χ4n) is 4.52. The lowest BCUT2D eigenvalue weighted by Gasteiger charge is -2.06. The molecule has 0 N–H and O–H groups in total. The van der Waals surface area contributed by atoms with Gasteiger partial charge in [-0.3, -0.25) is 0 Å². The van der Waals surface area contributed by atoms with E-state index in [0.717, 1.165) is 36.8 Å². The Kier molecular flexibility index (Phi) is 18.3. The summed E-state index contributed by atoms with van der Waals surface area (Å²) in [4.78, 5) is 26.5. The number of rotatable bonds is 20. The smallest absolute Gasteiger partial charge is 0.346 e. The molecule has 0 bridgehead atoms. The van der Waals surface area contributed by atoms with Crippen molar-refractivity contribution in [2.24, 2.45) is 0 Å². The number of benzene rings is 2. The Morgan fingerprint density at radius 3 is 1.29 bits per heavy atom. The van der Waals surface area contributed by atoms with Crippen LogP contribution in [0.3, 0.4) is 0 Å². The number of ether oxygens (including phenoxy) is 1. The zero-order valence-electron chi connectivity index (χ0n) is 25.4. The first-order chi connectivity index (χ1) is 20.1. The predicted octanol–water partition coefficient (Wildman–Crippen LogP) is 10.8. The van der Waals surface area contributed by atoms with Crippen LogP contribution in [0.25, 0.3) is 12.2 Å². The van der Waals surface area contributed by atoms with Gasteiger partial charge in [-0.15, -0.1) is 0 Å². The van der Waals surface area contributed by atoms with Crippen LogP contribution in [-0.2, 0) is 14.3 Å². The first-order valence-electron chi connectivity index (χ1n) is 15.8. The fourth-order valence-corrected chi connectivity index (χ4v) is 4.52. The number of unbranched alkanes of at least 4 members (excludes halogenated alkanes) is 12. The van der Waals surface area contributed by atoms with Gasteiger partial charge in [-0.2, -0.15) is 0 Å². The van der Waals surface area contributed by atoms with Crippen molar-refractivity contribution >= 4 is 24.1 Å². The third kappa shape index (κ3) is 15.8. The summed E-state index contributed by atoms with van der Waals surface area (Å²) >= 11 is 0. The summed E-state index contributed by atoms with van der Waals surface area (Å²) in [5, 5.41) is 0. The van der Waals surface area contributed by atoms with Gasteiger partial charge in [0.25, 0.3) is 0 Å². The van der Waals surface area contributed by atoms with Crippen LogP contribution in [0.15, 0.2) is 96.1 Å². The minimum atomic E-state index is -0.638. The van der Waals surface area contributed by atoms with Gasteiger partial charge in [-0.25, -0.2) is 9.59 Å². The summed E-state index contributed by atoms with van der Waals surface area (Å²) < 4.78 is 5.45. The Morgan fingerprint density at radius 2 is 0.902 bits per heavy atom. The second-order valence-corrected chi connectivity index (χ2v) is 10.6. The molecule has 0 fully saturated rings. The summed E-state index contributed by atoms with van der Waals surface area (Å²) in [5.74, 6) is -1.28. The zero-order chi connectivity index (χ0) is 29.4. The average molecular weight is 555 g/mol. The van der Waals surface area contributed by atoms with Crippen molar-refractivity contribution in [3.05, 3.63) is 107 Å². The zero-order valence-corrected chi connectivity index (χ0v) is 25.4. The lowest BCUT2D eigenvalue weighted by molar-refractivity contribution is -0.153. The number of carbonyl (C=O) groups is 2. The van der Waals surface area contributed by atoms with Crippen molar-refractivity contribution in [1.29, 1.82) is 0 Å². The maximum atomic E-state index is 13.2. The van der Waals surface area contributed by atoms with Gasteiger partial charge in [0.2, 0.25) is 0 Å². The molecule has 3 nitrogen and oxygen atoms in total. The highest BCUT2D eigenvalue weighted by Crippen LogP contribution is 2.16. The molecule has 0 aliphatic heterocycles. The number of carbonyl (C=O) groups excluding carboxylic acids is 2. The molecule has 0 heterocycles. The van der Waals surface area contributed by atoms with Gasteiger partial charge in [0.15, 0.2) is 0 Å². The van der Waals surface area contributed by atoms with Crippen molar-refractivity contribution < 1.29 is 14.3 Å². The first kappa shape index (κ1) is 33.7. The summed E-state index contributed by atoms with van der Waals surface area (Å²) in [7, 11) is 0. The molecule has 2 aromatic rings. The number of allylic oxidation sites excluding steroid dienone is 2. The molecule has 0 saturated carbocycles. The van der Waals surface area contributed by atoms with Crippen LogP contribution in [0.5, 0.6) is 0 Å². The molecule has 0 spiro atoms. The summed E-state index contributed by atoms with van der Waals surface area (Å²) in [5.41, 5.74) is 2.50. The van der Waals surface area contributed by atoms with Crippen LogP contribution in [0.1, 0.15) is 115 Å². The van der Waals surface area contributed by atoms with Crippen molar-refractivity contribution in [3.8, 4) is 0 Å². The Labute approximate surface area is 249 Å². The molecule has 0 radical (unpaired) electrons. The van der Waals surface area contributed by atoms with Gasteiger partial charge in [0.1, 0.15) is 0 Å². The topological polar surface area (TPSA) is 43.4 Å². The van der Waals surface area contributed by atoms with E-state index < -0.39 is 11.9 Å². The molecule has 2 aromatic carbocycles. The van der Waals surface area contributed by atoms with E-state index >= 15 is 0 Å². The highest BCUT2D eigenvalue weighted by atomic mass is 16.6. The van der Waals surface area contributed by atoms with Gasteiger partial charge >= 0.3 is 11.9 Å². The highest BCUT2D eigenvalue weighted by molar-refractivity contribution is 6.08.